The molecule has 0 amide bonds. The largest absolute Gasteiger partial charge is 1.00 e. The van der Waals surface area contributed by atoms with E-state index in [0.717, 1.165) is 12.8 Å². The first-order valence-electron chi connectivity index (χ1n) is 8.51. The van der Waals surface area contributed by atoms with Gasteiger partial charge in [0.15, 0.2) is 0 Å². The number of carbonyl (C=O) groups excluding carboxylic acids is 1. The Hall–Kier alpha value is 0.430. The summed E-state index contributed by atoms with van der Waals surface area (Å²) in [7, 11) is 0. The van der Waals surface area contributed by atoms with Crippen LogP contribution in [0.1, 0.15) is 86.4 Å². The van der Waals surface area contributed by atoms with Crippen molar-refractivity contribution in [2.24, 2.45) is 11.7 Å². The second-order valence-electron chi connectivity index (χ2n) is 6.12. The summed E-state index contributed by atoms with van der Waals surface area (Å²) >= 11 is 0. The summed E-state index contributed by atoms with van der Waals surface area (Å²) in [6.07, 6.45) is 12.9. The van der Waals surface area contributed by atoms with E-state index in [1.807, 2.05) is 13.8 Å². The topological polar surface area (TPSA) is 52.3 Å². The number of esters is 1. The molecule has 0 aliphatic heterocycles. The van der Waals surface area contributed by atoms with Gasteiger partial charge in [-0.3, -0.25) is 4.79 Å². The third kappa shape index (κ3) is 15.1. The Kier molecular flexibility index (Phi) is 18.9. The number of rotatable bonds is 13. The van der Waals surface area contributed by atoms with Crippen molar-refractivity contribution in [2.75, 3.05) is 6.61 Å². The second kappa shape index (κ2) is 16.8. The Labute approximate surface area is 155 Å². The van der Waals surface area contributed by atoms with Crippen LogP contribution in [-0.2, 0) is 9.53 Å². The molecule has 0 rings (SSSR count). The van der Waals surface area contributed by atoms with E-state index >= 15 is 0 Å². The number of hydrogen-bond acceptors (Lipinski definition) is 3. The molecule has 0 radical (unpaired) electrons. The van der Waals surface area contributed by atoms with Gasteiger partial charge in [-0.2, -0.15) is 0 Å². The SMILES string of the molecule is CCCCCCCCCCCCOC(=O)C(N)C(C)C.[H-].[Na+]. The molecule has 1 unspecified atom stereocenters. The maximum absolute atomic E-state index is 11.5. The average Bonchev–Trinajstić information content (AvgIpc) is 2.43. The first kappa shape index (κ1) is 23.7. The summed E-state index contributed by atoms with van der Waals surface area (Å²) in [5.41, 5.74) is 5.72. The zero-order chi connectivity index (χ0) is 15.2. The van der Waals surface area contributed by atoms with Crippen LogP contribution in [0.25, 0.3) is 0 Å². The fourth-order valence-corrected chi connectivity index (χ4v) is 2.13. The second-order valence-corrected chi connectivity index (χ2v) is 6.12. The molecule has 1 atom stereocenters. The number of ether oxygens (including phenoxy) is 1. The van der Waals surface area contributed by atoms with Crippen molar-refractivity contribution in [1.82, 2.24) is 0 Å². The Balaban J connectivity index is -0.00000180. The molecule has 0 fully saturated rings. The van der Waals surface area contributed by atoms with E-state index < -0.39 is 6.04 Å². The van der Waals surface area contributed by atoms with Crippen LogP contribution in [0.5, 0.6) is 0 Å². The minimum Gasteiger partial charge on any atom is -1.00 e. The first-order chi connectivity index (χ1) is 9.59. The monoisotopic (exact) mass is 309 g/mol. The minimum absolute atomic E-state index is 0. The quantitative estimate of drug-likeness (QED) is 0.319. The van der Waals surface area contributed by atoms with Crippen molar-refractivity contribution < 1.29 is 40.5 Å². The predicted octanol–water partition coefficient (Wildman–Crippen LogP) is 1.55. The maximum Gasteiger partial charge on any atom is 1.00 e. The third-order valence-electron chi connectivity index (χ3n) is 3.73. The van der Waals surface area contributed by atoms with Gasteiger partial charge in [0, 0.05) is 0 Å². The van der Waals surface area contributed by atoms with Crippen LogP contribution in [0.4, 0.5) is 0 Å². The molecular formula is C17H36NNaO2. The summed E-state index contributed by atoms with van der Waals surface area (Å²) in [6.45, 7) is 6.65. The van der Waals surface area contributed by atoms with Gasteiger partial charge < -0.3 is 11.9 Å². The van der Waals surface area contributed by atoms with E-state index in [-0.39, 0.29) is 42.9 Å². The summed E-state index contributed by atoms with van der Waals surface area (Å²) in [4.78, 5) is 11.5. The van der Waals surface area contributed by atoms with E-state index in [1.165, 1.54) is 51.4 Å². The maximum atomic E-state index is 11.5. The van der Waals surface area contributed by atoms with Crippen LogP contribution in [0.2, 0.25) is 0 Å². The fraction of sp³-hybridized carbons (Fsp3) is 0.941. The van der Waals surface area contributed by atoms with Crippen LogP contribution in [0.15, 0.2) is 0 Å². The van der Waals surface area contributed by atoms with Crippen LogP contribution >= 0.6 is 0 Å². The van der Waals surface area contributed by atoms with Crippen molar-refractivity contribution in [2.45, 2.75) is 91.0 Å². The van der Waals surface area contributed by atoms with Gasteiger partial charge in [0.25, 0.3) is 0 Å². The van der Waals surface area contributed by atoms with Gasteiger partial charge in [0.1, 0.15) is 6.04 Å². The van der Waals surface area contributed by atoms with Gasteiger partial charge >= 0.3 is 35.5 Å². The molecular weight excluding hydrogens is 273 g/mol. The molecule has 0 spiro atoms. The first-order valence-corrected chi connectivity index (χ1v) is 8.51. The van der Waals surface area contributed by atoms with Crippen molar-refractivity contribution in [1.29, 1.82) is 0 Å². The van der Waals surface area contributed by atoms with E-state index in [0.29, 0.717) is 6.61 Å². The molecule has 0 aromatic heterocycles. The van der Waals surface area contributed by atoms with Gasteiger partial charge in [-0.25, -0.2) is 0 Å². The zero-order valence-corrected chi connectivity index (χ0v) is 16.8. The summed E-state index contributed by atoms with van der Waals surface area (Å²) in [5.74, 6) is -0.105. The summed E-state index contributed by atoms with van der Waals surface area (Å²) in [5, 5.41) is 0. The van der Waals surface area contributed by atoms with Crippen LogP contribution in [-0.4, -0.2) is 18.6 Å². The molecule has 0 saturated carbocycles. The smallest absolute Gasteiger partial charge is 1.00 e. The van der Waals surface area contributed by atoms with Crippen LogP contribution in [0.3, 0.4) is 0 Å². The van der Waals surface area contributed by atoms with Gasteiger partial charge in [-0.15, -0.1) is 0 Å². The van der Waals surface area contributed by atoms with E-state index in [4.69, 9.17) is 10.5 Å². The fourth-order valence-electron chi connectivity index (χ4n) is 2.13. The van der Waals surface area contributed by atoms with E-state index in [2.05, 4.69) is 6.92 Å². The molecule has 0 aliphatic carbocycles. The molecule has 0 bridgehead atoms. The molecule has 4 heteroatoms. The third-order valence-corrected chi connectivity index (χ3v) is 3.73. The molecule has 21 heavy (non-hydrogen) atoms. The predicted molar refractivity (Wildman–Crippen MR) is 86.7 cm³/mol. The van der Waals surface area contributed by atoms with Crippen molar-refractivity contribution in [3.63, 3.8) is 0 Å². The number of nitrogens with two attached hydrogens (primary N) is 1. The van der Waals surface area contributed by atoms with Crippen molar-refractivity contribution in [3.8, 4) is 0 Å². The van der Waals surface area contributed by atoms with Gasteiger partial charge in [-0.1, -0.05) is 78.6 Å². The molecule has 3 nitrogen and oxygen atoms in total. The van der Waals surface area contributed by atoms with Gasteiger partial charge in [0.05, 0.1) is 6.61 Å². The summed E-state index contributed by atoms with van der Waals surface area (Å²) < 4.78 is 5.17. The molecule has 2 N–H and O–H groups in total. The van der Waals surface area contributed by atoms with Crippen molar-refractivity contribution >= 4 is 5.97 Å². The molecule has 0 aromatic carbocycles. The minimum atomic E-state index is -0.474. The Morgan fingerprint density at radius 2 is 1.38 bits per heavy atom. The standard InChI is InChI=1S/C17H35NO2.Na.H/c1-4-5-6-7-8-9-10-11-12-13-14-20-17(19)16(18)15(2)3;;/h15-16H,4-14,18H2,1-3H3;;/q;+1;-1. The molecule has 122 valence electrons. The Bertz CT molecular complexity index is 241. The zero-order valence-electron chi connectivity index (χ0n) is 15.8. The summed E-state index contributed by atoms with van der Waals surface area (Å²) in [6, 6.07) is -0.474. The van der Waals surface area contributed by atoms with Crippen LogP contribution in [0, 0.1) is 5.92 Å². The van der Waals surface area contributed by atoms with E-state index in [1.54, 1.807) is 0 Å². The van der Waals surface area contributed by atoms with E-state index in [9.17, 15) is 4.79 Å². The Morgan fingerprint density at radius 1 is 0.952 bits per heavy atom. The Morgan fingerprint density at radius 3 is 1.81 bits per heavy atom. The number of hydrogen-bond donors (Lipinski definition) is 1. The normalized spacial score (nSPS) is 12.0. The molecule has 0 heterocycles. The van der Waals surface area contributed by atoms with Crippen LogP contribution < -0.4 is 35.3 Å². The number of carbonyl (C=O) groups is 1. The van der Waals surface area contributed by atoms with Crippen molar-refractivity contribution in [3.05, 3.63) is 0 Å². The molecule has 0 aromatic rings. The van der Waals surface area contributed by atoms with Gasteiger partial charge in [-0.05, 0) is 12.3 Å². The van der Waals surface area contributed by atoms with Gasteiger partial charge in [0.2, 0.25) is 0 Å². The average molecular weight is 309 g/mol. The molecule has 0 aliphatic rings. The number of unbranched alkanes of at least 4 members (excludes halogenated alkanes) is 9. The molecule has 0 saturated heterocycles.